The summed E-state index contributed by atoms with van der Waals surface area (Å²) in [5, 5.41) is 3.19. The van der Waals surface area contributed by atoms with Crippen molar-refractivity contribution >= 4 is 23.5 Å². The molecular weight excluding hydrogens is 434 g/mol. The summed E-state index contributed by atoms with van der Waals surface area (Å²) < 4.78 is 13.1. The minimum atomic E-state index is 0.0479. The summed E-state index contributed by atoms with van der Waals surface area (Å²) in [5.41, 5.74) is 8.13. The lowest BCUT2D eigenvalue weighted by atomic mass is 9.94. The van der Waals surface area contributed by atoms with Crippen LogP contribution in [-0.2, 0) is 20.9 Å². The molecule has 2 amide bonds. The molecule has 1 aliphatic carbocycles. The van der Waals surface area contributed by atoms with Crippen molar-refractivity contribution in [1.82, 2.24) is 9.80 Å². The zero-order chi connectivity index (χ0) is 23.9. The number of anilines is 1. The predicted molar refractivity (Wildman–Crippen MR) is 130 cm³/mol. The SMILES string of the molecule is CN(C(=O)CCCOc1ccc2c(c1)C[N+](CC(=O)N1CCOCC1)=C(N)N2)C1CCCCC1. The normalized spacial score (nSPS) is 18.8. The minimum Gasteiger partial charge on any atom is -0.494 e. The van der Waals surface area contributed by atoms with Gasteiger partial charge in [0.15, 0.2) is 0 Å². The summed E-state index contributed by atoms with van der Waals surface area (Å²) >= 11 is 0. The first-order valence-electron chi connectivity index (χ1n) is 12.5. The van der Waals surface area contributed by atoms with E-state index in [2.05, 4.69) is 5.32 Å². The van der Waals surface area contributed by atoms with Gasteiger partial charge in [0.25, 0.3) is 5.91 Å². The molecule has 4 rings (SSSR count). The molecule has 3 aliphatic rings. The van der Waals surface area contributed by atoms with Crippen LogP contribution in [0.5, 0.6) is 5.75 Å². The lowest BCUT2D eigenvalue weighted by Crippen LogP contribution is -2.47. The third-order valence-corrected chi connectivity index (χ3v) is 7.05. The van der Waals surface area contributed by atoms with Gasteiger partial charge >= 0.3 is 5.96 Å². The second kappa shape index (κ2) is 11.6. The van der Waals surface area contributed by atoms with E-state index >= 15 is 0 Å². The number of carbonyl (C=O) groups is 2. The zero-order valence-corrected chi connectivity index (χ0v) is 20.3. The molecule has 2 aliphatic heterocycles. The van der Waals surface area contributed by atoms with Gasteiger partial charge in [0.2, 0.25) is 5.91 Å². The van der Waals surface area contributed by atoms with Crippen LogP contribution in [0.2, 0.25) is 0 Å². The lowest BCUT2D eigenvalue weighted by Gasteiger charge is -2.31. The number of nitrogens with zero attached hydrogens (tertiary/aromatic N) is 3. The smallest absolute Gasteiger partial charge is 0.349 e. The fraction of sp³-hybridized carbons (Fsp3) is 0.640. The monoisotopic (exact) mass is 472 g/mol. The molecule has 1 saturated carbocycles. The number of benzene rings is 1. The largest absolute Gasteiger partial charge is 0.494 e. The van der Waals surface area contributed by atoms with Crippen LogP contribution in [0.3, 0.4) is 0 Å². The highest BCUT2D eigenvalue weighted by molar-refractivity contribution is 5.91. The molecule has 9 nitrogen and oxygen atoms in total. The Labute approximate surface area is 201 Å². The molecule has 0 unspecified atom stereocenters. The average molecular weight is 473 g/mol. The first-order chi connectivity index (χ1) is 16.5. The van der Waals surface area contributed by atoms with Crippen molar-refractivity contribution < 1.29 is 23.6 Å². The van der Waals surface area contributed by atoms with E-state index in [1.54, 1.807) is 0 Å². The van der Waals surface area contributed by atoms with E-state index in [0.29, 0.717) is 64.3 Å². The molecule has 34 heavy (non-hydrogen) atoms. The molecule has 1 aromatic rings. The Balaban J connectivity index is 1.25. The molecule has 186 valence electrons. The van der Waals surface area contributed by atoms with E-state index < -0.39 is 0 Å². The number of hydrogen-bond acceptors (Lipinski definition) is 6. The van der Waals surface area contributed by atoms with Gasteiger partial charge < -0.3 is 19.3 Å². The number of amides is 2. The van der Waals surface area contributed by atoms with Crippen LogP contribution in [0.1, 0.15) is 50.5 Å². The molecule has 3 N–H and O–H groups in total. The van der Waals surface area contributed by atoms with Crippen molar-refractivity contribution in [2.75, 3.05) is 51.8 Å². The number of nitrogens with one attached hydrogen (secondary N) is 1. The Bertz CT molecular complexity index is 907. The zero-order valence-electron chi connectivity index (χ0n) is 20.3. The number of nitrogens with two attached hydrogens (primary N) is 1. The molecule has 9 heteroatoms. The molecule has 1 aromatic carbocycles. The molecule has 0 atom stereocenters. The van der Waals surface area contributed by atoms with Crippen LogP contribution in [0, 0.1) is 0 Å². The highest BCUT2D eigenvalue weighted by Gasteiger charge is 2.26. The summed E-state index contributed by atoms with van der Waals surface area (Å²) in [5.74, 6) is 1.49. The average Bonchev–Trinajstić information content (AvgIpc) is 2.87. The second-order valence-corrected chi connectivity index (χ2v) is 9.43. The number of rotatable bonds is 8. The maximum absolute atomic E-state index is 12.6. The summed E-state index contributed by atoms with van der Waals surface area (Å²) in [7, 11) is 1.94. The van der Waals surface area contributed by atoms with Gasteiger partial charge in [0.05, 0.1) is 26.4 Å². The number of ether oxygens (including phenoxy) is 2. The van der Waals surface area contributed by atoms with E-state index in [1.807, 2.05) is 39.6 Å². The molecule has 2 heterocycles. The second-order valence-electron chi connectivity index (χ2n) is 9.43. The Morgan fingerprint density at radius 2 is 2.00 bits per heavy atom. The van der Waals surface area contributed by atoms with Gasteiger partial charge in [-0.3, -0.25) is 19.9 Å². The molecular formula is C25H38N5O4+. The Kier molecular flexibility index (Phi) is 8.26. The van der Waals surface area contributed by atoms with E-state index in [9.17, 15) is 9.59 Å². The molecule has 0 spiro atoms. The highest BCUT2D eigenvalue weighted by atomic mass is 16.5. The van der Waals surface area contributed by atoms with Gasteiger partial charge in [-0.2, -0.15) is 0 Å². The van der Waals surface area contributed by atoms with Crippen LogP contribution in [0.4, 0.5) is 5.69 Å². The van der Waals surface area contributed by atoms with E-state index in [1.165, 1.54) is 19.3 Å². The van der Waals surface area contributed by atoms with Crippen molar-refractivity contribution in [2.24, 2.45) is 5.73 Å². The lowest BCUT2D eigenvalue weighted by molar-refractivity contribution is -0.535. The summed E-state index contributed by atoms with van der Waals surface area (Å²) in [6, 6.07) is 6.24. The van der Waals surface area contributed by atoms with Crippen molar-refractivity contribution in [1.29, 1.82) is 0 Å². The van der Waals surface area contributed by atoms with Crippen LogP contribution in [0.15, 0.2) is 18.2 Å². The molecule has 0 bridgehead atoms. The molecule has 0 aromatic heterocycles. The summed E-state index contributed by atoms with van der Waals surface area (Å²) in [4.78, 5) is 28.9. The third kappa shape index (κ3) is 6.20. The number of hydrogen-bond donors (Lipinski definition) is 2. The van der Waals surface area contributed by atoms with Crippen molar-refractivity contribution in [2.45, 2.75) is 57.5 Å². The summed E-state index contributed by atoms with van der Waals surface area (Å²) in [6.07, 6.45) is 7.17. The summed E-state index contributed by atoms with van der Waals surface area (Å²) in [6.45, 7) is 3.64. The van der Waals surface area contributed by atoms with Gasteiger partial charge in [-0.15, -0.1) is 0 Å². The minimum absolute atomic E-state index is 0.0479. The Hall–Kier alpha value is -2.81. The van der Waals surface area contributed by atoms with Crippen molar-refractivity contribution in [3.63, 3.8) is 0 Å². The van der Waals surface area contributed by atoms with Crippen LogP contribution in [0.25, 0.3) is 0 Å². The maximum Gasteiger partial charge on any atom is 0.349 e. The fourth-order valence-corrected chi connectivity index (χ4v) is 4.90. The maximum atomic E-state index is 12.6. The van der Waals surface area contributed by atoms with Gasteiger partial charge in [-0.25, -0.2) is 5.32 Å². The quantitative estimate of drug-likeness (QED) is 0.442. The topological polar surface area (TPSA) is 100 Å². The van der Waals surface area contributed by atoms with E-state index in [-0.39, 0.29) is 18.4 Å². The van der Waals surface area contributed by atoms with Gasteiger partial charge in [-0.05, 0) is 37.5 Å². The van der Waals surface area contributed by atoms with E-state index in [0.717, 1.165) is 29.8 Å². The number of fused-ring (bicyclic) bond motifs is 1. The number of guanidine groups is 1. The van der Waals surface area contributed by atoms with Gasteiger partial charge in [0, 0.05) is 38.2 Å². The Morgan fingerprint density at radius 3 is 2.76 bits per heavy atom. The standard InChI is InChI=1S/C25H37N5O4/c1-28(20-6-3-2-4-7-20)23(31)8-5-13-34-21-9-10-22-19(16-21)17-30(25(26)27-22)18-24(32)29-11-14-33-15-12-29/h9-10,16,20H,2-8,11-15,17-18H2,1H3,(H2,26,27)/p+1. The molecule has 0 radical (unpaired) electrons. The van der Waals surface area contributed by atoms with Crippen LogP contribution < -0.4 is 15.8 Å². The molecule has 2 fully saturated rings. The van der Waals surface area contributed by atoms with Crippen LogP contribution >= 0.6 is 0 Å². The van der Waals surface area contributed by atoms with Crippen molar-refractivity contribution in [3.8, 4) is 5.75 Å². The first kappa shape index (κ1) is 24.3. The predicted octanol–water partition coefficient (Wildman–Crippen LogP) is 1.75. The highest BCUT2D eigenvalue weighted by Crippen LogP contribution is 2.26. The van der Waals surface area contributed by atoms with E-state index in [4.69, 9.17) is 15.2 Å². The van der Waals surface area contributed by atoms with Crippen molar-refractivity contribution in [3.05, 3.63) is 23.8 Å². The fourth-order valence-electron chi connectivity index (χ4n) is 4.90. The van der Waals surface area contributed by atoms with Gasteiger partial charge in [-0.1, -0.05) is 19.3 Å². The van der Waals surface area contributed by atoms with Crippen LogP contribution in [-0.4, -0.2) is 84.7 Å². The van der Waals surface area contributed by atoms with Gasteiger partial charge in [0.1, 0.15) is 18.0 Å². The third-order valence-electron chi connectivity index (χ3n) is 7.05. The number of carbonyl (C=O) groups excluding carboxylic acids is 2. The Morgan fingerprint density at radius 1 is 1.24 bits per heavy atom. The number of morpholine rings is 1. The first-order valence-corrected chi connectivity index (χ1v) is 12.5. The molecule has 1 saturated heterocycles.